The lowest BCUT2D eigenvalue weighted by molar-refractivity contribution is 0.0734. The highest BCUT2D eigenvalue weighted by Gasteiger charge is 2.25. The summed E-state index contributed by atoms with van der Waals surface area (Å²) in [5.41, 5.74) is 0.641. The number of benzene rings is 2. The van der Waals surface area contributed by atoms with Crippen LogP contribution >= 0.6 is 22.9 Å². The predicted octanol–water partition coefficient (Wildman–Crippen LogP) is 5.69. The van der Waals surface area contributed by atoms with Gasteiger partial charge in [0, 0.05) is 11.1 Å². The molecule has 0 saturated heterocycles. The fraction of sp³-hybridized carbons (Fsp3) is 0.174. The standard InChI is InChI=1S/C23H20ClFN2O3S2/c1-23(2,28)21-13-18(27(26-21)17-9-5-8-16(24)22(17)25)20-11-10-19(31-20)14-6-4-7-15(12-14)32(3,29)30/h4-13,28H,1-3H3. The Morgan fingerprint density at radius 3 is 2.44 bits per heavy atom. The third kappa shape index (κ3) is 4.36. The molecule has 0 radical (unpaired) electrons. The van der Waals surface area contributed by atoms with E-state index in [2.05, 4.69) is 5.10 Å². The van der Waals surface area contributed by atoms with Gasteiger partial charge in [-0.3, -0.25) is 0 Å². The SMILES string of the molecule is CC(C)(O)c1cc(-c2ccc(-c3cccc(S(C)(=O)=O)c3)s2)n(-c2cccc(Cl)c2F)n1. The van der Waals surface area contributed by atoms with Gasteiger partial charge >= 0.3 is 0 Å². The molecular formula is C23H20ClFN2O3S2. The fourth-order valence-corrected chi connectivity index (χ4v) is 5.05. The maximum atomic E-state index is 14.8. The van der Waals surface area contributed by atoms with Gasteiger partial charge in [-0.15, -0.1) is 11.3 Å². The van der Waals surface area contributed by atoms with Crippen molar-refractivity contribution in [2.75, 3.05) is 6.26 Å². The van der Waals surface area contributed by atoms with E-state index in [9.17, 15) is 17.9 Å². The van der Waals surface area contributed by atoms with Crippen LogP contribution in [0.15, 0.2) is 65.6 Å². The Labute approximate surface area is 194 Å². The van der Waals surface area contributed by atoms with Crippen LogP contribution in [0.4, 0.5) is 4.39 Å². The van der Waals surface area contributed by atoms with E-state index in [4.69, 9.17) is 11.6 Å². The highest BCUT2D eigenvalue weighted by Crippen LogP contribution is 2.38. The van der Waals surface area contributed by atoms with Gasteiger partial charge in [0.2, 0.25) is 0 Å². The topological polar surface area (TPSA) is 72.2 Å². The summed E-state index contributed by atoms with van der Waals surface area (Å²) < 4.78 is 40.1. The monoisotopic (exact) mass is 490 g/mol. The molecule has 2 aromatic carbocycles. The molecule has 9 heteroatoms. The molecule has 32 heavy (non-hydrogen) atoms. The van der Waals surface area contributed by atoms with Gasteiger partial charge in [-0.1, -0.05) is 29.8 Å². The van der Waals surface area contributed by atoms with Gasteiger partial charge in [-0.2, -0.15) is 5.10 Å². The van der Waals surface area contributed by atoms with Crippen LogP contribution in [0.1, 0.15) is 19.5 Å². The number of rotatable bonds is 5. The van der Waals surface area contributed by atoms with E-state index in [1.807, 2.05) is 18.2 Å². The number of thiophene rings is 1. The molecule has 0 amide bonds. The molecule has 2 heterocycles. The van der Waals surface area contributed by atoms with Gasteiger partial charge in [0.1, 0.15) is 11.3 Å². The van der Waals surface area contributed by atoms with Gasteiger partial charge in [0.25, 0.3) is 0 Å². The van der Waals surface area contributed by atoms with Crippen LogP contribution in [0.5, 0.6) is 0 Å². The lowest BCUT2D eigenvalue weighted by atomic mass is 10.1. The van der Waals surface area contributed by atoms with E-state index in [1.54, 1.807) is 50.2 Å². The molecule has 4 rings (SSSR count). The van der Waals surface area contributed by atoms with Crippen molar-refractivity contribution in [1.82, 2.24) is 9.78 Å². The lowest BCUT2D eigenvalue weighted by Gasteiger charge is -2.13. The second-order valence-electron chi connectivity index (χ2n) is 7.92. The van der Waals surface area contributed by atoms with Crippen LogP contribution in [-0.2, 0) is 15.4 Å². The minimum Gasteiger partial charge on any atom is -0.384 e. The molecule has 5 nitrogen and oxygen atoms in total. The molecule has 1 N–H and O–H groups in total. The first-order valence-corrected chi connectivity index (χ1v) is 12.7. The molecule has 0 aliphatic heterocycles. The fourth-order valence-electron chi connectivity index (χ4n) is 3.21. The van der Waals surface area contributed by atoms with Crippen LogP contribution < -0.4 is 0 Å². The zero-order chi connectivity index (χ0) is 23.3. The minimum absolute atomic E-state index is 0.0294. The number of hydrogen-bond donors (Lipinski definition) is 1. The highest BCUT2D eigenvalue weighted by molar-refractivity contribution is 7.90. The first-order valence-electron chi connectivity index (χ1n) is 9.63. The van der Waals surface area contributed by atoms with Gasteiger partial charge in [-0.05, 0) is 61.9 Å². The molecule has 0 unspecified atom stereocenters. The molecule has 0 bridgehead atoms. The summed E-state index contributed by atoms with van der Waals surface area (Å²) in [6, 6.07) is 16.8. The number of sulfone groups is 1. The van der Waals surface area contributed by atoms with Crippen molar-refractivity contribution in [2.24, 2.45) is 0 Å². The second kappa shape index (κ2) is 8.12. The van der Waals surface area contributed by atoms with Crippen molar-refractivity contribution >= 4 is 32.8 Å². The Hall–Kier alpha value is -2.52. The molecule has 0 fully saturated rings. The van der Waals surface area contributed by atoms with Crippen molar-refractivity contribution in [3.8, 4) is 26.7 Å². The molecule has 2 aromatic heterocycles. The van der Waals surface area contributed by atoms with Gasteiger partial charge in [0.05, 0.1) is 26.2 Å². The zero-order valence-electron chi connectivity index (χ0n) is 17.5. The van der Waals surface area contributed by atoms with Crippen LogP contribution in [0.3, 0.4) is 0 Å². The van der Waals surface area contributed by atoms with Crippen molar-refractivity contribution < 1.29 is 17.9 Å². The Morgan fingerprint density at radius 1 is 1.06 bits per heavy atom. The summed E-state index contributed by atoms with van der Waals surface area (Å²) in [7, 11) is -3.33. The van der Waals surface area contributed by atoms with Gasteiger partial charge in [0.15, 0.2) is 15.7 Å². The first kappa shape index (κ1) is 22.7. The Balaban J connectivity index is 1.86. The average molecular weight is 491 g/mol. The maximum absolute atomic E-state index is 14.8. The summed E-state index contributed by atoms with van der Waals surface area (Å²) in [5.74, 6) is -0.613. The van der Waals surface area contributed by atoms with Crippen LogP contribution in [-0.4, -0.2) is 29.6 Å². The molecule has 0 spiro atoms. The summed E-state index contributed by atoms with van der Waals surface area (Å²) >= 11 is 7.39. The summed E-state index contributed by atoms with van der Waals surface area (Å²) in [4.78, 5) is 1.85. The molecule has 0 aliphatic carbocycles. The zero-order valence-corrected chi connectivity index (χ0v) is 19.9. The smallest absolute Gasteiger partial charge is 0.175 e. The largest absolute Gasteiger partial charge is 0.384 e. The van der Waals surface area contributed by atoms with Gasteiger partial charge in [-0.25, -0.2) is 17.5 Å². The van der Waals surface area contributed by atoms with E-state index >= 15 is 0 Å². The Kier molecular flexibility index (Phi) is 5.75. The minimum atomic E-state index is -3.33. The van der Waals surface area contributed by atoms with Gasteiger partial charge < -0.3 is 5.11 Å². The Morgan fingerprint density at radius 2 is 1.75 bits per heavy atom. The summed E-state index contributed by atoms with van der Waals surface area (Å²) in [6.45, 7) is 3.21. The molecule has 0 atom stereocenters. The second-order valence-corrected chi connectivity index (χ2v) is 11.4. The predicted molar refractivity (Wildman–Crippen MR) is 126 cm³/mol. The van der Waals surface area contributed by atoms with E-state index in [-0.39, 0.29) is 15.6 Å². The van der Waals surface area contributed by atoms with Crippen molar-refractivity contribution in [3.05, 3.63) is 77.2 Å². The average Bonchev–Trinajstić information content (AvgIpc) is 3.36. The molecular weight excluding hydrogens is 471 g/mol. The van der Waals surface area contributed by atoms with Crippen LogP contribution in [0.25, 0.3) is 26.7 Å². The first-order chi connectivity index (χ1) is 14.9. The molecule has 4 aromatic rings. The molecule has 0 aliphatic rings. The van der Waals surface area contributed by atoms with Crippen molar-refractivity contribution in [3.63, 3.8) is 0 Å². The number of halogens is 2. The van der Waals surface area contributed by atoms with Crippen LogP contribution in [0.2, 0.25) is 5.02 Å². The van der Waals surface area contributed by atoms with E-state index in [0.29, 0.717) is 11.4 Å². The van der Waals surface area contributed by atoms with Crippen LogP contribution in [0, 0.1) is 5.82 Å². The summed E-state index contributed by atoms with van der Waals surface area (Å²) in [6.07, 6.45) is 1.17. The van der Waals surface area contributed by atoms with E-state index < -0.39 is 21.3 Å². The van der Waals surface area contributed by atoms with Crippen molar-refractivity contribution in [2.45, 2.75) is 24.3 Å². The third-order valence-corrected chi connectivity index (χ3v) is 7.46. The molecule has 166 valence electrons. The third-order valence-electron chi connectivity index (χ3n) is 4.90. The highest BCUT2D eigenvalue weighted by atomic mass is 35.5. The normalized spacial score (nSPS) is 12.3. The van der Waals surface area contributed by atoms with Crippen molar-refractivity contribution in [1.29, 1.82) is 0 Å². The number of nitrogens with zero attached hydrogens (tertiary/aromatic N) is 2. The molecule has 0 saturated carbocycles. The Bertz CT molecular complexity index is 1420. The summed E-state index contributed by atoms with van der Waals surface area (Å²) in [5, 5.41) is 14.9. The maximum Gasteiger partial charge on any atom is 0.175 e. The number of aliphatic hydroxyl groups is 1. The van der Waals surface area contributed by atoms with E-state index in [0.717, 1.165) is 15.3 Å². The van der Waals surface area contributed by atoms with E-state index in [1.165, 1.54) is 28.3 Å². The quantitative estimate of drug-likeness (QED) is 0.390. The number of hydrogen-bond acceptors (Lipinski definition) is 5. The lowest BCUT2D eigenvalue weighted by Crippen LogP contribution is -2.16. The number of aromatic nitrogens is 2.